The van der Waals surface area contributed by atoms with Gasteiger partial charge in [-0.3, -0.25) is 0 Å². The highest BCUT2D eigenvalue weighted by molar-refractivity contribution is 5.38. The predicted molar refractivity (Wildman–Crippen MR) is 54.4 cm³/mol. The van der Waals surface area contributed by atoms with Gasteiger partial charge in [-0.05, 0) is 32.0 Å². The first kappa shape index (κ1) is 13.8. The van der Waals surface area contributed by atoms with Crippen molar-refractivity contribution in [1.29, 1.82) is 0 Å². The lowest BCUT2D eigenvalue weighted by Crippen LogP contribution is -2.13. The van der Waals surface area contributed by atoms with Crippen LogP contribution in [0.3, 0.4) is 0 Å². The number of rotatable bonds is 3. The van der Waals surface area contributed by atoms with E-state index in [1.165, 1.54) is 6.07 Å². The molecular formula is C11H13F3O3. The van der Waals surface area contributed by atoms with Gasteiger partial charge < -0.3 is 14.9 Å². The Morgan fingerprint density at radius 2 is 1.76 bits per heavy atom. The maximum atomic E-state index is 12.6. The topological polar surface area (TPSA) is 49.7 Å². The van der Waals surface area contributed by atoms with Crippen LogP contribution in [0.4, 0.5) is 13.2 Å². The third kappa shape index (κ3) is 3.61. The standard InChI is InChI=1S/C11H13F3O3/c1-6(2)17-7-3-4-8(10(15)16)9(5-7)11(12,13)14/h3-6,10,15-16H,1-2H3. The van der Waals surface area contributed by atoms with E-state index in [-0.39, 0.29) is 11.9 Å². The van der Waals surface area contributed by atoms with Crippen LogP contribution in [0, 0.1) is 0 Å². The molecule has 0 saturated heterocycles. The lowest BCUT2D eigenvalue weighted by molar-refractivity contribution is -0.142. The van der Waals surface area contributed by atoms with E-state index < -0.39 is 23.6 Å². The number of aliphatic hydroxyl groups is 2. The molecule has 1 aromatic rings. The average molecular weight is 250 g/mol. The minimum absolute atomic E-state index is 0.0386. The largest absolute Gasteiger partial charge is 0.491 e. The molecule has 96 valence electrons. The van der Waals surface area contributed by atoms with Gasteiger partial charge in [-0.25, -0.2) is 0 Å². The van der Waals surface area contributed by atoms with E-state index in [1.54, 1.807) is 13.8 Å². The van der Waals surface area contributed by atoms with Crippen molar-refractivity contribution in [2.45, 2.75) is 32.4 Å². The lowest BCUT2D eigenvalue weighted by atomic mass is 10.1. The van der Waals surface area contributed by atoms with Crippen LogP contribution in [-0.2, 0) is 6.18 Å². The van der Waals surface area contributed by atoms with Crippen LogP contribution in [0.2, 0.25) is 0 Å². The summed E-state index contributed by atoms with van der Waals surface area (Å²) in [6, 6.07) is 3.02. The molecule has 0 aliphatic carbocycles. The molecule has 1 rings (SSSR count). The smallest absolute Gasteiger partial charge is 0.416 e. The maximum Gasteiger partial charge on any atom is 0.416 e. The van der Waals surface area contributed by atoms with Gasteiger partial charge in [0.1, 0.15) is 5.75 Å². The van der Waals surface area contributed by atoms with Crippen LogP contribution >= 0.6 is 0 Å². The molecule has 0 spiro atoms. The summed E-state index contributed by atoms with van der Waals surface area (Å²) in [7, 11) is 0. The second-order valence-corrected chi connectivity index (χ2v) is 3.79. The first-order chi connectivity index (χ1) is 7.71. The Morgan fingerprint density at radius 3 is 2.18 bits per heavy atom. The Kier molecular flexibility index (Phi) is 4.00. The molecule has 0 aliphatic rings. The van der Waals surface area contributed by atoms with E-state index in [2.05, 4.69) is 0 Å². The Morgan fingerprint density at radius 1 is 1.18 bits per heavy atom. The molecule has 0 bridgehead atoms. The fraction of sp³-hybridized carbons (Fsp3) is 0.455. The van der Waals surface area contributed by atoms with Crippen LogP contribution in [0.25, 0.3) is 0 Å². The fourth-order valence-corrected chi connectivity index (χ4v) is 1.35. The van der Waals surface area contributed by atoms with Gasteiger partial charge in [0.15, 0.2) is 6.29 Å². The number of aliphatic hydroxyl groups excluding tert-OH is 1. The molecule has 0 amide bonds. The minimum Gasteiger partial charge on any atom is -0.491 e. The van der Waals surface area contributed by atoms with Gasteiger partial charge in [0.2, 0.25) is 0 Å². The van der Waals surface area contributed by atoms with Gasteiger partial charge in [0, 0.05) is 5.56 Å². The van der Waals surface area contributed by atoms with Gasteiger partial charge in [0.25, 0.3) is 0 Å². The van der Waals surface area contributed by atoms with E-state index in [1.807, 2.05) is 0 Å². The van der Waals surface area contributed by atoms with E-state index in [0.29, 0.717) is 0 Å². The Hall–Kier alpha value is -1.27. The molecule has 0 saturated carbocycles. The molecular weight excluding hydrogens is 237 g/mol. The first-order valence-electron chi connectivity index (χ1n) is 4.95. The van der Waals surface area contributed by atoms with Gasteiger partial charge in [-0.15, -0.1) is 0 Å². The Bertz CT molecular complexity index is 386. The summed E-state index contributed by atoms with van der Waals surface area (Å²) in [6.45, 7) is 3.37. The van der Waals surface area contributed by atoms with Crippen LogP contribution in [0.1, 0.15) is 31.3 Å². The zero-order valence-corrected chi connectivity index (χ0v) is 9.32. The first-order valence-corrected chi connectivity index (χ1v) is 4.95. The Balaban J connectivity index is 3.20. The van der Waals surface area contributed by atoms with Crippen LogP contribution in [0.5, 0.6) is 5.75 Å². The molecule has 3 nitrogen and oxygen atoms in total. The van der Waals surface area contributed by atoms with E-state index in [9.17, 15) is 13.2 Å². The van der Waals surface area contributed by atoms with E-state index in [0.717, 1.165) is 12.1 Å². The number of alkyl halides is 3. The van der Waals surface area contributed by atoms with Gasteiger partial charge in [0.05, 0.1) is 11.7 Å². The zero-order chi connectivity index (χ0) is 13.2. The summed E-state index contributed by atoms with van der Waals surface area (Å²) >= 11 is 0. The van der Waals surface area contributed by atoms with Crippen molar-refractivity contribution in [2.24, 2.45) is 0 Å². The molecule has 0 radical (unpaired) electrons. The average Bonchev–Trinajstić information content (AvgIpc) is 2.14. The molecule has 6 heteroatoms. The van der Waals surface area contributed by atoms with Crippen molar-refractivity contribution in [3.8, 4) is 5.75 Å². The van der Waals surface area contributed by atoms with Gasteiger partial charge in [-0.1, -0.05) is 0 Å². The van der Waals surface area contributed by atoms with Crippen LogP contribution in [-0.4, -0.2) is 16.3 Å². The lowest BCUT2D eigenvalue weighted by Gasteiger charge is -2.17. The molecule has 0 unspecified atom stereocenters. The monoisotopic (exact) mass is 250 g/mol. The summed E-state index contributed by atoms with van der Waals surface area (Å²) in [5.74, 6) is 0.0386. The molecule has 0 aliphatic heterocycles. The fourth-order valence-electron chi connectivity index (χ4n) is 1.35. The van der Waals surface area contributed by atoms with Crippen LogP contribution < -0.4 is 4.74 Å². The molecule has 0 aromatic heterocycles. The van der Waals surface area contributed by atoms with Crippen molar-refractivity contribution in [3.63, 3.8) is 0 Å². The van der Waals surface area contributed by atoms with Gasteiger partial charge >= 0.3 is 6.18 Å². The van der Waals surface area contributed by atoms with Crippen molar-refractivity contribution in [3.05, 3.63) is 29.3 Å². The SMILES string of the molecule is CC(C)Oc1ccc(C(O)O)c(C(F)(F)F)c1. The zero-order valence-electron chi connectivity index (χ0n) is 9.32. The number of benzene rings is 1. The normalized spacial score (nSPS) is 12.3. The van der Waals surface area contributed by atoms with Crippen molar-refractivity contribution in [2.75, 3.05) is 0 Å². The maximum absolute atomic E-state index is 12.6. The Labute approximate surface area is 96.5 Å². The second kappa shape index (κ2) is 4.93. The predicted octanol–water partition coefficient (Wildman–Crippen LogP) is 2.48. The molecule has 1 aromatic carbocycles. The quantitative estimate of drug-likeness (QED) is 0.810. The molecule has 0 atom stereocenters. The summed E-state index contributed by atoms with van der Waals surface area (Å²) in [5.41, 5.74) is -1.70. The number of hydrogen-bond donors (Lipinski definition) is 2. The van der Waals surface area contributed by atoms with Gasteiger partial charge in [-0.2, -0.15) is 13.2 Å². The highest BCUT2D eigenvalue weighted by atomic mass is 19.4. The highest BCUT2D eigenvalue weighted by Crippen LogP contribution is 2.36. The van der Waals surface area contributed by atoms with Crippen LogP contribution in [0.15, 0.2) is 18.2 Å². The third-order valence-corrected chi connectivity index (χ3v) is 1.98. The summed E-state index contributed by atoms with van der Waals surface area (Å²) in [4.78, 5) is 0. The number of ether oxygens (including phenoxy) is 1. The molecule has 2 N–H and O–H groups in total. The van der Waals surface area contributed by atoms with E-state index in [4.69, 9.17) is 14.9 Å². The summed E-state index contributed by atoms with van der Waals surface area (Å²) in [6.07, 6.45) is -7.09. The minimum atomic E-state index is -4.66. The number of hydrogen-bond acceptors (Lipinski definition) is 3. The third-order valence-electron chi connectivity index (χ3n) is 1.98. The van der Waals surface area contributed by atoms with Crippen molar-refractivity contribution < 1.29 is 28.1 Å². The highest BCUT2D eigenvalue weighted by Gasteiger charge is 2.35. The number of halogens is 3. The van der Waals surface area contributed by atoms with Crippen molar-refractivity contribution in [1.82, 2.24) is 0 Å². The molecule has 0 heterocycles. The second-order valence-electron chi connectivity index (χ2n) is 3.79. The molecule has 17 heavy (non-hydrogen) atoms. The molecule has 0 fully saturated rings. The van der Waals surface area contributed by atoms with E-state index >= 15 is 0 Å². The summed E-state index contributed by atoms with van der Waals surface area (Å²) < 4.78 is 43.1. The van der Waals surface area contributed by atoms with Crippen molar-refractivity contribution >= 4 is 0 Å². The summed E-state index contributed by atoms with van der Waals surface area (Å²) in [5, 5.41) is 17.7.